The molecule has 0 aliphatic carbocycles. The van der Waals surface area contributed by atoms with Crippen LogP contribution in [-0.2, 0) is 4.79 Å². The summed E-state index contributed by atoms with van der Waals surface area (Å²) in [5.41, 5.74) is 1.73. The third-order valence-corrected chi connectivity index (χ3v) is 3.63. The molecule has 0 aromatic heterocycles. The van der Waals surface area contributed by atoms with Gasteiger partial charge in [-0.1, -0.05) is 18.5 Å². The molecule has 22 heavy (non-hydrogen) atoms. The van der Waals surface area contributed by atoms with Gasteiger partial charge in [-0.2, -0.15) is 0 Å². The summed E-state index contributed by atoms with van der Waals surface area (Å²) in [5, 5.41) is 5.91. The Kier molecular flexibility index (Phi) is 5.08. The number of carbonyl (C=O) groups excluding carboxylic acids is 2. The molecule has 2 amide bonds. The maximum absolute atomic E-state index is 12.0. The smallest absolute Gasteiger partial charge is 0.319 e. The highest BCUT2D eigenvalue weighted by atomic mass is 35.5. The minimum absolute atomic E-state index is 0.114. The molecule has 0 fully saturated rings. The van der Waals surface area contributed by atoms with Crippen molar-refractivity contribution in [2.24, 2.45) is 0 Å². The number of halogens is 1. The van der Waals surface area contributed by atoms with Crippen molar-refractivity contribution in [1.29, 1.82) is 0 Å². The molecule has 5 nitrogen and oxygen atoms in total. The first-order valence-corrected chi connectivity index (χ1v) is 7.53. The Morgan fingerprint density at radius 2 is 2.14 bits per heavy atom. The van der Waals surface area contributed by atoms with Crippen LogP contribution in [0.2, 0.25) is 5.02 Å². The van der Waals surface area contributed by atoms with E-state index >= 15 is 0 Å². The minimum atomic E-state index is -0.572. The average Bonchev–Trinajstić information content (AvgIpc) is 2.44. The van der Waals surface area contributed by atoms with Crippen molar-refractivity contribution in [3.05, 3.63) is 40.1 Å². The summed E-state index contributed by atoms with van der Waals surface area (Å²) in [4.78, 5) is 23.8. The van der Waals surface area contributed by atoms with Crippen LogP contribution in [0.25, 0.3) is 0 Å². The quantitative estimate of drug-likeness (QED) is 0.873. The molecule has 0 saturated carbocycles. The Balaban J connectivity index is 2.52. The van der Waals surface area contributed by atoms with Crippen molar-refractivity contribution in [2.45, 2.75) is 33.2 Å². The van der Waals surface area contributed by atoms with Gasteiger partial charge in [0.1, 0.15) is 5.75 Å². The average molecular weight is 323 g/mol. The molecular formula is C16H19ClN2O3. The summed E-state index contributed by atoms with van der Waals surface area (Å²) in [6, 6.07) is 4.28. The molecule has 0 radical (unpaired) electrons. The second-order valence-corrected chi connectivity index (χ2v) is 5.59. The molecule has 118 valence electrons. The molecule has 1 atom stereocenters. The first-order valence-electron chi connectivity index (χ1n) is 7.15. The van der Waals surface area contributed by atoms with E-state index in [-0.39, 0.29) is 11.8 Å². The van der Waals surface area contributed by atoms with Crippen molar-refractivity contribution >= 4 is 23.4 Å². The third kappa shape index (κ3) is 3.42. The molecular weight excluding hydrogens is 304 g/mol. The van der Waals surface area contributed by atoms with Crippen LogP contribution in [0.3, 0.4) is 0 Å². The minimum Gasteiger partial charge on any atom is -0.493 e. The lowest BCUT2D eigenvalue weighted by molar-refractivity contribution is -0.114. The largest absolute Gasteiger partial charge is 0.493 e. The van der Waals surface area contributed by atoms with Gasteiger partial charge in [0.2, 0.25) is 0 Å². The van der Waals surface area contributed by atoms with E-state index in [1.807, 2.05) is 6.92 Å². The predicted molar refractivity (Wildman–Crippen MR) is 85.0 cm³/mol. The number of urea groups is 1. The molecule has 1 aliphatic rings. The van der Waals surface area contributed by atoms with Gasteiger partial charge in [0.15, 0.2) is 5.78 Å². The van der Waals surface area contributed by atoms with Gasteiger partial charge < -0.3 is 15.4 Å². The number of rotatable bonds is 5. The summed E-state index contributed by atoms with van der Waals surface area (Å²) < 4.78 is 5.73. The molecule has 1 aromatic rings. The van der Waals surface area contributed by atoms with E-state index in [0.717, 1.165) is 6.42 Å². The topological polar surface area (TPSA) is 67.4 Å². The second kappa shape index (κ2) is 6.83. The van der Waals surface area contributed by atoms with Crippen molar-refractivity contribution in [1.82, 2.24) is 10.6 Å². The zero-order chi connectivity index (χ0) is 16.3. The van der Waals surface area contributed by atoms with Crippen molar-refractivity contribution in [2.75, 3.05) is 6.61 Å². The van der Waals surface area contributed by atoms with Crippen molar-refractivity contribution in [3.8, 4) is 5.75 Å². The van der Waals surface area contributed by atoms with Crippen molar-refractivity contribution in [3.63, 3.8) is 0 Å². The van der Waals surface area contributed by atoms with E-state index < -0.39 is 6.04 Å². The first-order chi connectivity index (χ1) is 10.4. The summed E-state index contributed by atoms with van der Waals surface area (Å²) in [5.74, 6) is 0.501. The second-order valence-electron chi connectivity index (χ2n) is 5.16. The van der Waals surface area contributed by atoms with E-state index in [9.17, 15) is 9.59 Å². The highest BCUT2D eigenvalue weighted by Crippen LogP contribution is 2.35. The summed E-state index contributed by atoms with van der Waals surface area (Å²) in [6.07, 6.45) is 0.856. The lowest BCUT2D eigenvalue weighted by atomic mass is 9.92. The summed E-state index contributed by atoms with van der Waals surface area (Å²) in [6.45, 7) is 5.74. The van der Waals surface area contributed by atoms with Crippen LogP contribution in [0.1, 0.15) is 38.8 Å². The fraction of sp³-hybridized carbons (Fsp3) is 0.375. The number of nitrogens with one attached hydrogen (secondary N) is 2. The number of carbonyl (C=O) groups is 2. The summed E-state index contributed by atoms with van der Waals surface area (Å²) in [7, 11) is 0. The van der Waals surface area contributed by atoms with Gasteiger partial charge in [-0.3, -0.25) is 4.79 Å². The zero-order valence-corrected chi connectivity index (χ0v) is 13.6. The van der Waals surface area contributed by atoms with Gasteiger partial charge in [-0.25, -0.2) is 4.79 Å². The number of benzene rings is 1. The Hall–Kier alpha value is -2.01. The van der Waals surface area contributed by atoms with Gasteiger partial charge in [0.25, 0.3) is 0 Å². The van der Waals surface area contributed by atoms with Crippen LogP contribution in [0, 0.1) is 0 Å². The first kappa shape index (κ1) is 16.4. The SMILES string of the molecule is CCCOc1ccc(Cl)cc1C1NC(=O)NC(C)=C1C(C)=O. The highest BCUT2D eigenvalue weighted by molar-refractivity contribution is 6.30. The maximum atomic E-state index is 12.0. The van der Waals surface area contributed by atoms with Gasteiger partial charge in [-0.15, -0.1) is 0 Å². The Labute approximate surface area is 134 Å². The lowest BCUT2D eigenvalue weighted by Crippen LogP contribution is -2.44. The van der Waals surface area contributed by atoms with E-state index in [2.05, 4.69) is 10.6 Å². The van der Waals surface area contributed by atoms with Crippen LogP contribution in [0.5, 0.6) is 5.75 Å². The molecule has 0 bridgehead atoms. The normalized spacial score (nSPS) is 17.8. The van der Waals surface area contributed by atoms with Gasteiger partial charge in [0.05, 0.1) is 12.6 Å². The Bertz CT molecular complexity index is 640. The standard InChI is InChI=1S/C16H19ClN2O3/c1-4-7-22-13-6-5-11(17)8-12(13)15-14(10(3)20)9(2)18-16(21)19-15/h5-6,8,15H,4,7H2,1-3H3,(H2,18,19,21). The number of hydrogen-bond acceptors (Lipinski definition) is 3. The number of ketones is 1. The number of amides is 2. The molecule has 1 heterocycles. The number of allylic oxidation sites excluding steroid dienone is 1. The van der Waals surface area contributed by atoms with E-state index in [0.29, 0.717) is 34.2 Å². The number of hydrogen-bond donors (Lipinski definition) is 2. The molecule has 0 saturated heterocycles. The molecule has 1 unspecified atom stereocenters. The molecule has 2 N–H and O–H groups in total. The van der Waals surface area contributed by atoms with Crippen LogP contribution >= 0.6 is 11.6 Å². The molecule has 1 aliphatic heterocycles. The molecule has 6 heteroatoms. The fourth-order valence-electron chi connectivity index (χ4n) is 2.48. The van der Waals surface area contributed by atoms with E-state index in [1.54, 1.807) is 25.1 Å². The van der Waals surface area contributed by atoms with Gasteiger partial charge in [-0.05, 0) is 38.5 Å². The Morgan fingerprint density at radius 1 is 1.41 bits per heavy atom. The third-order valence-electron chi connectivity index (χ3n) is 3.39. The van der Waals surface area contributed by atoms with Crippen LogP contribution in [0.15, 0.2) is 29.5 Å². The highest BCUT2D eigenvalue weighted by Gasteiger charge is 2.31. The van der Waals surface area contributed by atoms with Crippen LogP contribution in [0.4, 0.5) is 4.79 Å². The molecule has 0 spiro atoms. The Morgan fingerprint density at radius 3 is 2.77 bits per heavy atom. The van der Waals surface area contributed by atoms with Crippen molar-refractivity contribution < 1.29 is 14.3 Å². The monoisotopic (exact) mass is 322 g/mol. The van der Waals surface area contributed by atoms with E-state index in [1.165, 1.54) is 6.92 Å². The number of Topliss-reactive ketones (excluding diaryl/α,β-unsaturated/α-hetero) is 1. The molecule has 1 aromatic carbocycles. The molecule has 2 rings (SSSR count). The fourth-order valence-corrected chi connectivity index (χ4v) is 2.66. The lowest BCUT2D eigenvalue weighted by Gasteiger charge is -2.29. The van der Waals surface area contributed by atoms with Gasteiger partial charge >= 0.3 is 6.03 Å². The summed E-state index contributed by atoms with van der Waals surface area (Å²) >= 11 is 6.09. The van der Waals surface area contributed by atoms with Crippen LogP contribution in [-0.4, -0.2) is 18.4 Å². The predicted octanol–water partition coefficient (Wildman–Crippen LogP) is 3.35. The van der Waals surface area contributed by atoms with Gasteiger partial charge in [0, 0.05) is 21.9 Å². The maximum Gasteiger partial charge on any atom is 0.319 e. The number of ether oxygens (including phenoxy) is 1. The zero-order valence-electron chi connectivity index (χ0n) is 12.8. The van der Waals surface area contributed by atoms with E-state index in [4.69, 9.17) is 16.3 Å². The van der Waals surface area contributed by atoms with Crippen LogP contribution < -0.4 is 15.4 Å².